The van der Waals surface area contributed by atoms with Gasteiger partial charge in [0, 0.05) is 18.7 Å². The van der Waals surface area contributed by atoms with Crippen LogP contribution in [-0.4, -0.2) is 42.2 Å². The normalized spacial score (nSPS) is 11.9. The first-order valence-corrected chi connectivity index (χ1v) is 12.5. The van der Waals surface area contributed by atoms with Gasteiger partial charge in [-0.25, -0.2) is 8.42 Å². The lowest BCUT2D eigenvalue weighted by Gasteiger charge is -2.21. The van der Waals surface area contributed by atoms with E-state index in [0.29, 0.717) is 29.4 Å². The molecule has 0 aliphatic carbocycles. The van der Waals surface area contributed by atoms with Crippen molar-refractivity contribution in [2.75, 3.05) is 32.2 Å². The molecule has 3 rings (SSSR count). The quantitative estimate of drug-likeness (QED) is 0.445. The molecule has 0 fully saturated rings. The minimum atomic E-state index is -3.86. The lowest BCUT2D eigenvalue weighted by molar-refractivity contribution is 0.0940. The molecule has 0 aromatic heterocycles. The van der Waals surface area contributed by atoms with Crippen LogP contribution in [0.2, 0.25) is 0 Å². The van der Waals surface area contributed by atoms with E-state index in [1.165, 1.54) is 33.4 Å². The average molecular weight is 499 g/mol. The van der Waals surface area contributed by atoms with Crippen LogP contribution in [0.25, 0.3) is 0 Å². The van der Waals surface area contributed by atoms with E-state index in [0.717, 1.165) is 15.6 Å². The number of anilines is 1. The van der Waals surface area contributed by atoms with Gasteiger partial charge in [0.2, 0.25) is 0 Å². The number of nitrogens with zero attached hydrogens (tertiary/aromatic N) is 1. The molecule has 0 unspecified atom stereocenters. The summed E-state index contributed by atoms with van der Waals surface area (Å²) in [6.07, 6.45) is 0. The van der Waals surface area contributed by atoms with E-state index in [1.807, 2.05) is 38.1 Å². The Morgan fingerprint density at radius 2 is 1.57 bits per heavy atom. The summed E-state index contributed by atoms with van der Waals surface area (Å²) >= 11 is 0. The Kier molecular flexibility index (Phi) is 8.24. The highest BCUT2D eigenvalue weighted by atomic mass is 32.2. The number of methoxy groups -OCH3 is 2. The third-order valence-electron chi connectivity index (χ3n) is 5.55. The van der Waals surface area contributed by atoms with E-state index in [4.69, 9.17) is 14.2 Å². The Hall–Kier alpha value is -3.72. The lowest BCUT2D eigenvalue weighted by atomic mass is 10.1. The molecule has 0 bridgehead atoms. The van der Waals surface area contributed by atoms with Crippen LogP contribution in [0, 0.1) is 0 Å². The van der Waals surface area contributed by atoms with E-state index in [-0.39, 0.29) is 16.8 Å². The van der Waals surface area contributed by atoms with Crippen molar-refractivity contribution in [3.05, 3.63) is 77.9 Å². The van der Waals surface area contributed by atoms with Crippen molar-refractivity contribution >= 4 is 21.6 Å². The van der Waals surface area contributed by atoms with Crippen LogP contribution in [0.5, 0.6) is 17.2 Å². The van der Waals surface area contributed by atoms with Crippen LogP contribution in [0.1, 0.15) is 35.8 Å². The second-order valence-corrected chi connectivity index (χ2v) is 9.70. The maximum atomic E-state index is 13.1. The second-order valence-electron chi connectivity index (χ2n) is 7.73. The summed E-state index contributed by atoms with van der Waals surface area (Å²) in [6, 6.07) is 18.1. The van der Waals surface area contributed by atoms with Gasteiger partial charge in [0.25, 0.3) is 15.9 Å². The van der Waals surface area contributed by atoms with Gasteiger partial charge in [0.1, 0.15) is 5.75 Å². The van der Waals surface area contributed by atoms with Gasteiger partial charge in [-0.05, 0) is 67.9 Å². The largest absolute Gasteiger partial charge is 0.494 e. The van der Waals surface area contributed by atoms with E-state index >= 15 is 0 Å². The van der Waals surface area contributed by atoms with Crippen LogP contribution in [0.3, 0.4) is 0 Å². The van der Waals surface area contributed by atoms with Gasteiger partial charge in [-0.3, -0.25) is 9.10 Å². The van der Waals surface area contributed by atoms with Crippen LogP contribution < -0.4 is 23.8 Å². The fourth-order valence-corrected chi connectivity index (χ4v) is 4.69. The molecule has 0 aliphatic heterocycles. The molecule has 0 saturated carbocycles. The molecule has 35 heavy (non-hydrogen) atoms. The van der Waals surface area contributed by atoms with E-state index in [1.54, 1.807) is 30.3 Å². The number of sulfonamides is 1. The summed E-state index contributed by atoms with van der Waals surface area (Å²) in [5.41, 5.74) is 1.78. The second kappa shape index (κ2) is 11.1. The van der Waals surface area contributed by atoms with Crippen molar-refractivity contribution in [2.24, 2.45) is 0 Å². The summed E-state index contributed by atoms with van der Waals surface area (Å²) in [5.74, 6) is 1.26. The van der Waals surface area contributed by atoms with E-state index < -0.39 is 10.0 Å². The number of nitrogens with one attached hydrogen (secondary N) is 1. The fraction of sp³-hybridized carbons (Fsp3) is 0.269. The maximum absolute atomic E-state index is 13.1. The molecule has 0 spiro atoms. The number of benzene rings is 3. The third kappa shape index (κ3) is 5.86. The molecule has 0 aliphatic rings. The summed E-state index contributed by atoms with van der Waals surface area (Å²) in [7, 11) is 0.519. The van der Waals surface area contributed by atoms with Crippen molar-refractivity contribution in [1.29, 1.82) is 0 Å². The first-order chi connectivity index (χ1) is 16.7. The number of carbonyl (C=O) groups excluding carboxylic acids is 1. The van der Waals surface area contributed by atoms with Gasteiger partial charge in [-0.15, -0.1) is 0 Å². The minimum absolute atomic E-state index is 0.0589. The summed E-state index contributed by atoms with van der Waals surface area (Å²) in [5, 5.41) is 2.95. The molecule has 3 aromatic rings. The highest BCUT2D eigenvalue weighted by Gasteiger charge is 2.23. The number of carbonyl (C=O) groups is 1. The average Bonchev–Trinajstić information content (AvgIpc) is 2.88. The van der Waals surface area contributed by atoms with Gasteiger partial charge < -0.3 is 19.5 Å². The molecule has 3 aromatic carbocycles. The number of hydrogen-bond acceptors (Lipinski definition) is 6. The fourth-order valence-electron chi connectivity index (χ4n) is 3.48. The SMILES string of the molecule is CCOc1ccc([C@@H](C)NC(=O)c2ccc(N(C)S(=O)(=O)c3ccc(OC)c(OC)c3)cc2)cc1. The molecule has 1 amide bonds. The van der Waals surface area contributed by atoms with Gasteiger partial charge in [-0.1, -0.05) is 12.1 Å². The third-order valence-corrected chi connectivity index (χ3v) is 7.33. The minimum Gasteiger partial charge on any atom is -0.494 e. The molecule has 0 radical (unpaired) electrons. The Morgan fingerprint density at radius 1 is 0.943 bits per heavy atom. The molecule has 9 heteroatoms. The first kappa shape index (κ1) is 25.9. The monoisotopic (exact) mass is 498 g/mol. The van der Waals surface area contributed by atoms with Gasteiger partial charge in [-0.2, -0.15) is 0 Å². The number of ether oxygens (including phenoxy) is 3. The molecule has 0 saturated heterocycles. The summed E-state index contributed by atoms with van der Waals surface area (Å²) in [6.45, 7) is 4.41. The number of amides is 1. The van der Waals surface area contributed by atoms with Crippen molar-refractivity contribution in [2.45, 2.75) is 24.8 Å². The summed E-state index contributed by atoms with van der Waals surface area (Å²) in [4.78, 5) is 12.8. The zero-order valence-corrected chi connectivity index (χ0v) is 21.3. The van der Waals surface area contributed by atoms with Crippen LogP contribution in [0.15, 0.2) is 71.6 Å². The predicted octanol–water partition coefficient (Wildman–Crippen LogP) is 4.42. The standard InChI is InChI=1S/C26H30N2O6S/c1-6-34-22-13-9-19(10-14-22)18(2)27-26(29)20-7-11-21(12-8-20)28(3)35(30,31)23-15-16-24(32-4)25(17-23)33-5/h7-18H,6H2,1-5H3,(H,27,29)/t18-/m1/s1. The van der Waals surface area contributed by atoms with Gasteiger partial charge >= 0.3 is 0 Å². The van der Waals surface area contributed by atoms with Crippen molar-refractivity contribution in [3.63, 3.8) is 0 Å². The van der Waals surface area contributed by atoms with Crippen LogP contribution in [0.4, 0.5) is 5.69 Å². The smallest absolute Gasteiger partial charge is 0.264 e. The van der Waals surface area contributed by atoms with Gasteiger partial charge in [0.05, 0.1) is 37.5 Å². The number of hydrogen-bond donors (Lipinski definition) is 1. The van der Waals surface area contributed by atoms with Gasteiger partial charge in [0.15, 0.2) is 11.5 Å². The van der Waals surface area contributed by atoms with Crippen LogP contribution >= 0.6 is 0 Å². The molecular weight excluding hydrogens is 468 g/mol. The molecule has 0 heterocycles. The first-order valence-electron chi connectivity index (χ1n) is 11.1. The van der Waals surface area contributed by atoms with Crippen molar-refractivity contribution in [3.8, 4) is 17.2 Å². The van der Waals surface area contributed by atoms with Crippen molar-refractivity contribution in [1.82, 2.24) is 5.32 Å². The maximum Gasteiger partial charge on any atom is 0.264 e. The Morgan fingerprint density at radius 3 is 2.14 bits per heavy atom. The molecule has 1 N–H and O–H groups in total. The Balaban J connectivity index is 1.72. The van der Waals surface area contributed by atoms with Crippen molar-refractivity contribution < 1.29 is 27.4 Å². The molecular formula is C26H30N2O6S. The lowest BCUT2D eigenvalue weighted by Crippen LogP contribution is -2.28. The van der Waals surface area contributed by atoms with Crippen LogP contribution in [-0.2, 0) is 10.0 Å². The Bertz CT molecular complexity index is 1260. The highest BCUT2D eigenvalue weighted by molar-refractivity contribution is 7.92. The zero-order chi connectivity index (χ0) is 25.6. The molecule has 8 nitrogen and oxygen atoms in total. The molecule has 1 atom stereocenters. The predicted molar refractivity (Wildman–Crippen MR) is 135 cm³/mol. The molecule has 186 valence electrons. The Labute approximate surface area is 206 Å². The van der Waals surface area contributed by atoms with E-state index in [2.05, 4.69) is 5.32 Å². The summed E-state index contributed by atoms with van der Waals surface area (Å²) < 4.78 is 43.3. The van der Waals surface area contributed by atoms with E-state index in [9.17, 15) is 13.2 Å². The topological polar surface area (TPSA) is 94.2 Å². The number of rotatable bonds is 10. The highest BCUT2D eigenvalue weighted by Crippen LogP contribution is 2.31. The zero-order valence-electron chi connectivity index (χ0n) is 20.4.